The van der Waals surface area contributed by atoms with E-state index in [1.807, 2.05) is 60.4 Å². The van der Waals surface area contributed by atoms with Crippen LogP contribution in [0.25, 0.3) is 0 Å². The van der Waals surface area contributed by atoms with Crippen molar-refractivity contribution < 1.29 is 14.3 Å². The quantitative estimate of drug-likeness (QED) is 0.648. The van der Waals surface area contributed by atoms with Crippen molar-refractivity contribution in [3.05, 3.63) is 65.2 Å². The van der Waals surface area contributed by atoms with Gasteiger partial charge in [-0.3, -0.25) is 4.79 Å². The van der Waals surface area contributed by atoms with Crippen LogP contribution in [0.2, 0.25) is 0 Å². The minimum Gasteiger partial charge on any atom is -0.494 e. The van der Waals surface area contributed by atoms with E-state index in [2.05, 4.69) is 0 Å². The highest BCUT2D eigenvalue weighted by atomic mass is 16.5. The number of carbonyl (C=O) groups excluding carboxylic acids is 1. The van der Waals surface area contributed by atoms with Crippen LogP contribution >= 0.6 is 0 Å². The molecule has 0 radical (unpaired) electrons. The van der Waals surface area contributed by atoms with E-state index >= 15 is 0 Å². The highest BCUT2D eigenvalue weighted by Gasteiger charge is 2.26. The fourth-order valence-electron chi connectivity index (χ4n) is 3.63. The number of benzene rings is 2. The lowest BCUT2D eigenvalue weighted by Gasteiger charge is -2.33. The first kappa shape index (κ1) is 21.3. The molecule has 0 aliphatic carbocycles. The Morgan fingerprint density at radius 1 is 1.14 bits per heavy atom. The van der Waals surface area contributed by atoms with Crippen LogP contribution in [0.15, 0.2) is 48.5 Å². The van der Waals surface area contributed by atoms with E-state index in [1.165, 1.54) is 0 Å². The lowest BCUT2D eigenvalue weighted by atomic mass is 10.0. The molecule has 1 fully saturated rings. The molecule has 1 aliphatic rings. The van der Waals surface area contributed by atoms with Crippen molar-refractivity contribution in [1.82, 2.24) is 4.90 Å². The molecule has 1 amide bonds. The highest BCUT2D eigenvalue weighted by Crippen LogP contribution is 2.25. The second-order valence-electron chi connectivity index (χ2n) is 7.55. The predicted molar refractivity (Wildman–Crippen MR) is 115 cm³/mol. The van der Waals surface area contributed by atoms with Crippen molar-refractivity contribution in [1.29, 1.82) is 0 Å². The predicted octanol–water partition coefficient (Wildman–Crippen LogP) is 4.11. The van der Waals surface area contributed by atoms with Gasteiger partial charge in [-0.1, -0.05) is 43.2 Å². The Labute approximate surface area is 173 Å². The standard InChI is InChI=1S/C24H32N2O3/c1-19-17-21(28-15-8-3-2-7-13-25)11-12-22(19)24(27)26-14-16-29-23(18-26)20-9-5-4-6-10-20/h4-6,9-12,17,23H,2-3,7-8,13-16,18,25H2,1H3. The molecule has 156 valence electrons. The second kappa shape index (κ2) is 11.0. The minimum absolute atomic E-state index is 0.0556. The van der Waals surface area contributed by atoms with Gasteiger partial charge in [0.05, 0.1) is 19.8 Å². The molecule has 2 aromatic carbocycles. The Morgan fingerprint density at radius 3 is 2.69 bits per heavy atom. The molecule has 0 aromatic heterocycles. The van der Waals surface area contributed by atoms with Crippen LogP contribution in [-0.2, 0) is 4.74 Å². The number of hydrogen-bond acceptors (Lipinski definition) is 4. The Kier molecular flexibility index (Phi) is 8.08. The Morgan fingerprint density at radius 2 is 1.93 bits per heavy atom. The molecule has 2 aromatic rings. The van der Waals surface area contributed by atoms with Gasteiger partial charge in [0.15, 0.2) is 0 Å². The molecular weight excluding hydrogens is 364 g/mol. The molecule has 5 nitrogen and oxygen atoms in total. The molecule has 3 rings (SSSR count). The molecule has 0 saturated carbocycles. The molecule has 5 heteroatoms. The Bertz CT molecular complexity index is 779. The number of carbonyl (C=O) groups is 1. The zero-order valence-corrected chi connectivity index (χ0v) is 17.3. The summed E-state index contributed by atoms with van der Waals surface area (Å²) in [5.74, 6) is 0.877. The minimum atomic E-state index is -0.0731. The maximum atomic E-state index is 13.1. The number of ether oxygens (including phenoxy) is 2. The van der Waals surface area contributed by atoms with Gasteiger partial charge in [-0.25, -0.2) is 0 Å². The third kappa shape index (κ3) is 6.05. The van der Waals surface area contributed by atoms with Gasteiger partial charge in [-0.15, -0.1) is 0 Å². The number of amides is 1. The Hall–Kier alpha value is -2.37. The number of rotatable bonds is 9. The average molecular weight is 397 g/mol. The first-order chi connectivity index (χ1) is 14.2. The molecule has 2 N–H and O–H groups in total. The van der Waals surface area contributed by atoms with Gasteiger partial charge in [0.1, 0.15) is 11.9 Å². The van der Waals surface area contributed by atoms with Crippen LogP contribution in [0.1, 0.15) is 53.3 Å². The maximum absolute atomic E-state index is 13.1. The number of aryl methyl sites for hydroxylation is 1. The first-order valence-electron chi connectivity index (χ1n) is 10.6. The summed E-state index contributed by atoms with van der Waals surface area (Å²) < 4.78 is 11.7. The van der Waals surface area contributed by atoms with E-state index in [4.69, 9.17) is 15.2 Å². The second-order valence-corrected chi connectivity index (χ2v) is 7.55. The summed E-state index contributed by atoms with van der Waals surface area (Å²) >= 11 is 0. The fourth-order valence-corrected chi connectivity index (χ4v) is 3.63. The van der Waals surface area contributed by atoms with Gasteiger partial charge >= 0.3 is 0 Å². The summed E-state index contributed by atoms with van der Waals surface area (Å²) in [4.78, 5) is 15.0. The lowest BCUT2D eigenvalue weighted by molar-refractivity contribution is -0.0228. The van der Waals surface area contributed by atoms with Crippen LogP contribution in [0.4, 0.5) is 0 Å². The average Bonchev–Trinajstić information content (AvgIpc) is 2.76. The molecular formula is C24H32N2O3. The summed E-state index contributed by atoms with van der Waals surface area (Å²) in [5, 5.41) is 0. The number of nitrogens with two attached hydrogens (primary N) is 1. The smallest absolute Gasteiger partial charge is 0.254 e. The van der Waals surface area contributed by atoms with E-state index in [0.29, 0.717) is 26.3 Å². The van der Waals surface area contributed by atoms with E-state index in [9.17, 15) is 4.79 Å². The van der Waals surface area contributed by atoms with Crippen molar-refractivity contribution >= 4 is 5.91 Å². The van der Waals surface area contributed by atoms with Gasteiger partial charge in [-0.05, 0) is 55.6 Å². The summed E-state index contributed by atoms with van der Waals surface area (Å²) in [6.45, 7) is 5.16. The van der Waals surface area contributed by atoms with Crippen LogP contribution < -0.4 is 10.5 Å². The summed E-state index contributed by atoms with van der Waals surface area (Å²) in [6, 6.07) is 15.8. The highest BCUT2D eigenvalue weighted by molar-refractivity contribution is 5.96. The van der Waals surface area contributed by atoms with Crippen LogP contribution in [0.5, 0.6) is 5.75 Å². The van der Waals surface area contributed by atoms with Crippen molar-refractivity contribution in [3.8, 4) is 5.75 Å². The van der Waals surface area contributed by atoms with Gasteiger partial charge < -0.3 is 20.1 Å². The molecule has 1 unspecified atom stereocenters. The number of hydrogen-bond donors (Lipinski definition) is 1. The van der Waals surface area contributed by atoms with E-state index in [1.54, 1.807) is 0 Å². The third-order valence-electron chi connectivity index (χ3n) is 5.32. The van der Waals surface area contributed by atoms with E-state index < -0.39 is 0 Å². The van der Waals surface area contributed by atoms with Crippen LogP contribution in [0.3, 0.4) is 0 Å². The number of unbranched alkanes of at least 4 members (excludes halogenated alkanes) is 3. The lowest BCUT2D eigenvalue weighted by Crippen LogP contribution is -2.42. The molecule has 0 bridgehead atoms. The zero-order chi connectivity index (χ0) is 20.5. The van der Waals surface area contributed by atoms with Crippen LogP contribution in [-0.4, -0.2) is 43.7 Å². The molecule has 1 aliphatic heterocycles. The molecule has 0 spiro atoms. The summed E-state index contributed by atoms with van der Waals surface area (Å²) in [7, 11) is 0. The zero-order valence-electron chi connectivity index (χ0n) is 17.3. The number of morpholine rings is 1. The molecule has 29 heavy (non-hydrogen) atoms. The van der Waals surface area contributed by atoms with E-state index in [-0.39, 0.29) is 12.0 Å². The largest absolute Gasteiger partial charge is 0.494 e. The number of nitrogens with zero attached hydrogens (tertiary/aromatic N) is 1. The Balaban J connectivity index is 1.56. The SMILES string of the molecule is Cc1cc(OCCCCCCN)ccc1C(=O)N1CCOC(c2ccccc2)C1. The molecule has 1 atom stereocenters. The molecule has 1 saturated heterocycles. The van der Waals surface area contributed by atoms with Crippen molar-refractivity contribution in [2.75, 3.05) is 32.8 Å². The monoisotopic (exact) mass is 396 g/mol. The van der Waals surface area contributed by atoms with Crippen molar-refractivity contribution in [2.45, 2.75) is 38.7 Å². The van der Waals surface area contributed by atoms with Crippen molar-refractivity contribution in [2.24, 2.45) is 5.73 Å². The summed E-state index contributed by atoms with van der Waals surface area (Å²) in [5.41, 5.74) is 8.29. The maximum Gasteiger partial charge on any atom is 0.254 e. The van der Waals surface area contributed by atoms with Gasteiger partial charge in [-0.2, -0.15) is 0 Å². The molecule has 1 heterocycles. The van der Waals surface area contributed by atoms with E-state index in [0.717, 1.165) is 54.7 Å². The normalized spacial score (nSPS) is 16.6. The van der Waals surface area contributed by atoms with Gasteiger partial charge in [0.2, 0.25) is 0 Å². The van der Waals surface area contributed by atoms with Gasteiger partial charge in [0.25, 0.3) is 5.91 Å². The third-order valence-corrected chi connectivity index (χ3v) is 5.32. The van der Waals surface area contributed by atoms with Gasteiger partial charge in [0, 0.05) is 12.1 Å². The first-order valence-corrected chi connectivity index (χ1v) is 10.6. The fraction of sp³-hybridized carbons (Fsp3) is 0.458. The topological polar surface area (TPSA) is 64.8 Å². The van der Waals surface area contributed by atoms with Crippen molar-refractivity contribution in [3.63, 3.8) is 0 Å². The van der Waals surface area contributed by atoms with Crippen LogP contribution in [0, 0.1) is 6.92 Å². The summed E-state index contributed by atoms with van der Waals surface area (Å²) in [6.07, 6.45) is 4.30.